The first-order valence-corrected chi connectivity index (χ1v) is 6.09. The Kier molecular flexibility index (Phi) is 2.33. The SMILES string of the molecule is CCOC(=O)N1[C@@H]2C[C@H]3CNC([C@@H]2O)[C@@H]1C3. The fraction of sp³-hybridized carbons (Fsp3) is 0.909. The number of carbonyl (C=O) groups excluding carboxylic acids is 1. The minimum atomic E-state index is -0.429. The van der Waals surface area contributed by atoms with Gasteiger partial charge < -0.3 is 15.2 Å². The van der Waals surface area contributed by atoms with E-state index in [2.05, 4.69) is 5.32 Å². The molecule has 0 radical (unpaired) electrons. The normalized spacial score (nSPS) is 44.9. The van der Waals surface area contributed by atoms with E-state index >= 15 is 0 Å². The summed E-state index contributed by atoms with van der Waals surface area (Å²) in [7, 11) is 0. The van der Waals surface area contributed by atoms with Gasteiger partial charge in [0.15, 0.2) is 0 Å². The number of fused-ring (bicyclic) bond motifs is 2. The van der Waals surface area contributed by atoms with Crippen LogP contribution in [-0.2, 0) is 4.74 Å². The third-order valence-electron chi connectivity index (χ3n) is 4.16. The number of piperidine rings is 2. The molecule has 3 bridgehead atoms. The van der Waals surface area contributed by atoms with Crippen LogP contribution >= 0.6 is 0 Å². The molecule has 0 aliphatic carbocycles. The lowest BCUT2D eigenvalue weighted by Gasteiger charge is -2.41. The van der Waals surface area contributed by atoms with Gasteiger partial charge in [0.2, 0.25) is 0 Å². The van der Waals surface area contributed by atoms with Gasteiger partial charge in [-0.15, -0.1) is 0 Å². The molecule has 5 heteroatoms. The average molecular weight is 226 g/mol. The average Bonchev–Trinajstić information content (AvgIpc) is 2.37. The van der Waals surface area contributed by atoms with Gasteiger partial charge in [0.05, 0.1) is 30.8 Å². The van der Waals surface area contributed by atoms with Crippen molar-refractivity contribution >= 4 is 6.09 Å². The van der Waals surface area contributed by atoms with Crippen molar-refractivity contribution in [3.63, 3.8) is 0 Å². The first-order valence-electron chi connectivity index (χ1n) is 6.09. The van der Waals surface area contributed by atoms with Gasteiger partial charge >= 0.3 is 6.09 Å². The van der Waals surface area contributed by atoms with Crippen LogP contribution in [0.25, 0.3) is 0 Å². The Balaban J connectivity index is 1.85. The maximum Gasteiger partial charge on any atom is 0.410 e. The molecule has 2 N–H and O–H groups in total. The number of nitrogens with one attached hydrogen (secondary N) is 1. The molecule has 5 atom stereocenters. The van der Waals surface area contributed by atoms with E-state index in [0.29, 0.717) is 12.5 Å². The zero-order chi connectivity index (χ0) is 11.3. The highest BCUT2D eigenvalue weighted by atomic mass is 16.6. The third-order valence-corrected chi connectivity index (χ3v) is 4.16. The van der Waals surface area contributed by atoms with Crippen LogP contribution in [0.15, 0.2) is 0 Å². The number of nitrogens with zero attached hydrogens (tertiary/aromatic N) is 1. The summed E-state index contributed by atoms with van der Waals surface area (Å²) in [6, 6.07) is 0.141. The summed E-state index contributed by atoms with van der Waals surface area (Å²) in [5.74, 6) is 0.606. The lowest BCUT2D eigenvalue weighted by molar-refractivity contribution is 0.0399. The van der Waals surface area contributed by atoms with Crippen molar-refractivity contribution in [2.75, 3.05) is 13.2 Å². The van der Waals surface area contributed by atoms with E-state index in [9.17, 15) is 9.90 Å². The topological polar surface area (TPSA) is 61.8 Å². The van der Waals surface area contributed by atoms with Crippen molar-refractivity contribution < 1.29 is 14.6 Å². The van der Waals surface area contributed by atoms with Gasteiger partial charge in [-0.25, -0.2) is 4.79 Å². The maximum absolute atomic E-state index is 11.8. The van der Waals surface area contributed by atoms with E-state index in [-0.39, 0.29) is 24.2 Å². The summed E-state index contributed by atoms with van der Waals surface area (Å²) in [5.41, 5.74) is 0. The molecule has 3 heterocycles. The Morgan fingerprint density at radius 1 is 1.50 bits per heavy atom. The number of ether oxygens (including phenoxy) is 1. The number of hydrogen-bond donors (Lipinski definition) is 2. The lowest BCUT2D eigenvalue weighted by atomic mass is 9.88. The van der Waals surface area contributed by atoms with Crippen molar-refractivity contribution in [2.45, 2.75) is 44.0 Å². The van der Waals surface area contributed by atoms with Crippen molar-refractivity contribution in [1.82, 2.24) is 10.2 Å². The van der Waals surface area contributed by atoms with Crippen LogP contribution < -0.4 is 5.32 Å². The molecule has 0 spiro atoms. The maximum atomic E-state index is 11.8. The van der Waals surface area contributed by atoms with Crippen molar-refractivity contribution in [2.24, 2.45) is 5.92 Å². The Labute approximate surface area is 94.8 Å². The summed E-state index contributed by atoms with van der Waals surface area (Å²) >= 11 is 0. The standard InChI is InChI=1S/C11H18N2O3/c1-2-16-11(15)13-7-3-6-4-8(13)10(14)9(7)12-5-6/h6-10,12,14H,2-5H2,1H3/t6-,7-,8+,9?,10+/m0/s1. The van der Waals surface area contributed by atoms with E-state index in [0.717, 1.165) is 19.4 Å². The van der Waals surface area contributed by atoms with Crippen LogP contribution in [-0.4, -0.2) is 53.5 Å². The third kappa shape index (κ3) is 1.28. The Morgan fingerprint density at radius 2 is 2.25 bits per heavy atom. The Bertz CT molecular complexity index is 308. The van der Waals surface area contributed by atoms with E-state index < -0.39 is 6.10 Å². The monoisotopic (exact) mass is 226 g/mol. The first kappa shape index (κ1) is 10.4. The molecule has 16 heavy (non-hydrogen) atoms. The summed E-state index contributed by atoms with van der Waals surface area (Å²) in [4.78, 5) is 13.6. The molecule has 0 saturated carbocycles. The molecule has 1 unspecified atom stereocenters. The highest BCUT2D eigenvalue weighted by molar-refractivity contribution is 5.69. The first-order chi connectivity index (χ1) is 7.72. The van der Waals surface area contributed by atoms with Gasteiger partial charge in [0, 0.05) is 0 Å². The highest BCUT2D eigenvalue weighted by Gasteiger charge is 2.57. The van der Waals surface area contributed by atoms with E-state index in [1.807, 2.05) is 6.92 Å². The fourth-order valence-corrected chi connectivity index (χ4v) is 3.54. The molecular formula is C11H18N2O3. The van der Waals surface area contributed by atoms with Gasteiger partial charge in [0.25, 0.3) is 0 Å². The van der Waals surface area contributed by atoms with Gasteiger partial charge in [-0.3, -0.25) is 4.90 Å². The summed E-state index contributed by atoms with van der Waals surface area (Å²) in [5, 5.41) is 13.5. The molecular weight excluding hydrogens is 208 g/mol. The van der Waals surface area contributed by atoms with Crippen LogP contribution in [0, 0.1) is 5.92 Å². The van der Waals surface area contributed by atoms with Crippen molar-refractivity contribution in [3.8, 4) is 0 Å². The van der Waals surface area contributed by atoms with Crippen LogP contribution in [0.5, 0.6) is 0 Å². The molecule has 3 saturated heterocycles. The predicted octanol–water partition coefficient (Wildman–Crippen LogP) is -0.0616. The molecule has 3 fully saturated rings. The minimum Gasteiger partial charge on any atom is -0.450 e. The van der Waals surface area contributed by atoms with Gasteiger partial charge in [0.1, 0.15) is 0 Å². The molecule has 0 aromatic rings. The quantitative estimate of drug-likeness (QED) is 0.657. The second-order valence-corrected chi connectivity index (χ2v) is 5.00. The predicted molar refractivity (Wildman–Crippen MR) is 57.0 cm³/mol. The van der Waals surface area contributed by atoms with Gasteiger partial charge in [-0.05, 0) is 32.2 Å². The largest absolute Gasteiger partial charge is 0.450 e. The van der Waals surface area contributed by atoms with Crippen LogP contribution in [0.4, 0.5) is 4.79 Å². The number of hydrogen-bond acceptors (Lipinski definition) is 4. The fourth-order valence-electron chi connectivity index (χ4n) is 3.54. The summed E-state index contributed by atoms with van der Waals surface area (Å²) in [6.07, 6.45) is 1.22. The van der Waals surface area contributed by atoms with Crippen molar-refractivity contribution in [3.05, 3.63) is 0 Å². The molecule has 90 valence electrons. The smallest absolute Gasteiger partial charge is 0.410 e. The molecule has 3 aliphatic rings. The second kappa shape index (κ2) is 3.60. The number of carbonyl (C=O) groups is 1. The summed E-state index contributed by atoms with van der Waals surface area (Å²) in [6.45, 7) is 3.18. The molecule has 3 aliphatic heterocycles. The van der Waals surface area contributed by atoms with Crippen LogP contribution in [0.1, 0.15) is 19.8 Å². The Morgan fingerprint density at radius 3 is 3.00 bits per heavy atom. The number of aliphatic hydroxyl groups is 1. The number of amides is 1. The zero-order valence-corrected chi connectivity index (χ0v) is 9.43. The number of aliphatic hydroxyl groups excluding tert-OH is 1. The lowest BCUT2D eigenvalue weighted by Crippen LogP contribution is -2.56. The second-order valence-electron chi connectivity index (χ2n) is 5.00. The number of rotatable bonds is 1. The molecule has 1 amide bonds. The zero-order valence-electron chi connectivity index (χ0n) is 9.43. The molecule has 0 aromatic heterocycles. The van der Waals surface area contributed by atoms with Gasteiger partial charge in [-0.1, -0.05) is 0 Å². The van der Waals surface area contributed by atoms with Crippen molar-refractivity contribution in [1.29, 1.82) is 0 Å². The summed E-state index contributed by atoms with van der Waals surface area (Å²) < 4.78 is 5.07. The molecule has 0 aromatic carbocycles. The minimum absolute atomic E-state index is 0.0391. The molecule has 3 rings (SSSR count). The van der Waals surface area contributed by atoms with E-state index in [4.69, 9.17) is 4.74 Å². The van der Waals surface area contributed by atoms with E-state index in [1.165, 1.54) is 0 Å². The van der Waals surface area contributed by atoms with Crippen LogP contribution in [0.2, 0.25) is 0 Å². The highest BCUT2D eigenvalue weighted by Crippen LogP contribution is 2.42. The van der Waals surface area contributed by atoms with Crippen LogP contribution in [0.3, 0.4) is 0 Å². The molecule has 5 nitrogen and oxygen atoms in total. The Hall–Kier alpha value is -0.810. The van der Waals surface area contributed by atoms with Gasteiger partial charge in [-0.2, -0.15) is 0 Å². The van der Waals surface area contributed by atoms with E-state index in [1.54, 1.807) is 4.90 Å².